The van der Waals surface area contributed by atoms with Gasteiger partial charge in [-0.1, -0.05) is 17.9 Å². The smallest absolute Gasteiger partial charge is 0.247 e. The van der Waals surface area contributed by atoms with Crippen LogP contribution in [0.15, 0.2) is 42.1 Å². The first-order valence-corrected chi connectivity index (χ1v) is 11.1. The van der Waals surface area contributed by atoms with Crippen LogP contribution in [-0.2, 0) is 9.59 Å². The van der Waals surface area contributed by atoms with Crippen LogP contribution in [0.2, 0.25) is 0 Å². The minimum Gasteiger partial charge on any atom is -0.372 e. The number of anilines is 3. The molecule has 1 saturated carbocycles. The van der Waals surface area contributed by atoms with Gasteiger partial charge in [0.25, 0.3) is 0 Å². The SMILES string of the molecule is C/C=C(\C(=O)NC)[C@H](C)C(=O)NC1CC(C#Cc2cnc(Nc3ccc(F)cc3)nc2NC)C1. The first-order chi connectivity index (χ1) is 16.3. The Balaban J connectivity index is 1.55. The van der Waals surface area contributed by atoms with Gasteiger partial charge < -0.3 is 21.3 Å². The molecule has 4 N–H and O–H groups in total. The summed E-state index contributed by atoms with van der Waals surface area (Å²) < 4.78 is 13.1. The van der Waals surface area contributed by atoms with E-state index >= 15 is 0 Å². The zero-order valence-electron chi connectivity index (χ0n) is 19.7. The number of benzene rings is 1. The summed E-state index contributed by atoms with van der Waals surface area (Å²) >= 11 is 0. The van der Waals surface area contributed by atoms with Gasteiger partial charge in [0, 0.05) is 37.3 Å². The van der Waals surface area contributed by atoms with E-state index in [4.69, 9.17) is 0 Å². The molecule has 0 saturated heterocycles. The molecule has 0 radical (unpaired) electrons. The van der Waals surface area contributed by atoms with E-state index in [-0.39, 0.29) is 29.6 Å². The number of amides is 2. The van der Waals surface area contributed by atoms with Gasteiger partial charge in [-0.25, -0.2) is 9.37 Å². The monoisotopic (exact) mass is 464 g/mol. The number of rotatable bonds is 7. The van der Waals surface area contributed by atoms with Crippen LogP contribution < -0.4 is 21.3 Å². The van der Waals surface area contributed by atoms with Crippen LogP contribution in [0.25, 0.3) is 0 Å². The molecule has 0 unspecified atom stereocenters. The van der Waals surface area contributed by atoms with E-state index in [1.165, 1.54) is 12.1 Å². The molecule has 2 amide bonds. The lowest BCUT2D eigenvalue weighted by Gasteiger charge is -2.33. The van der Waals surface area contributed by atoms with Gasteiger partial charge in [-0.05, 0) is 51.0 Å². The largest absolute Gasteiger partial charge is 0.372 e. The van der Waals surface area contributed by atoms with Crippen LogP contribution in [0.3, 0.4) is 0 Å². The van der Waals surface area contributed by atoms with Gasteiger partial charge >= 0.3 is 0 Å². The number of aromatic nitrogens is 2. The van der Waals surface area contributed by atoms with E-state index in [9.17, 15) is 14.0 Å². The molecule has 2 aromatic rings. The van der Waals surface area contributed by atoms with Gasteiger partial charge in [0.2, 0.25) is 17.8 Å². The Morgan fingerprint density at radius 1 is 1.21 bits per heavy atom. The first kappa shape index (κ1) is 24.7. The van der Waals surface area contributed by atoms with E-state index in [0.29, 0.717) is 28.6 Å². The predicted octanol–water partition coefficient (Wildman–Crippen LogP) is 2.98. The Labute approximate surface area is 198 Å². The maximum atomic E-state index is 13.1. The van der Waals surface area contributed by atoms with Crippen molar-refractivity contribution in [1.82, 2.24) is 20.6 Å². The number of nitrogens with zero attached hydrogens (tertiary/aromatic N) is 2. The predicted molar refractivity (Wildman–Crippen MR) is 130 cm³/mol. The highest BCUT2D eigenvalue weighted by Crippen LogP contribution is 2.28. The second kappa shape index (κ2) is 11.3. The van der Waals surface area contributed by atoms with Crippen molar-refractivity contribution in [3.05, 3.63) is 53.5 Å². The molecule has 1 aromatic carbocycles. The highest BCUT2D eigenvalue weighted by atomic mass is 19.1. The van der Waals surface area contributed by atoms with Crippen LogP contribution in [0.4, 0.5) is 21.8 Å². The molecule has 34 heavy (non-hydrogen) atoms. The summed E-state index contributed by atoms with van der Waals surface area (Å²) in [5.74, 6) is 6.21. The molecular weight excluding hydrogens is 435 g/mol. The van der Waals surface area contributed by atoms with E-state index < -0.39 is 5.92 Å². The average molecular weight is 465 g/mol. The van der Waals surface area contributed by atoms with Gasteiger partial charge in [-0.2, -0.15) is 4.98 Å². The number of carbonyl (C=O) groups excluding carboxylic acids is 2. The summed E-state index contributed by atoms with van der Waals surface area (Å²) in [7, 11) is 3.30. The molecule has 1 heterocycles. The minimum absolute atomic E-state index is 0.0411. The molecule has 1 aliphatic carbocycles. The van der Waals surface area contributed by atoms with Crippen LogP contribution >= 0.6 is 0 Å². The molecule has 1 aromatic heterocycles. The van der Waals surface area contributed by atoms with Gasteiger partial charge in [0.1, 0.15) is 11.6 Å². The van der Waals surface area contributed by atoms with E-state index in [1.807, 2.05) is 0 Å². The normalized spacial score (nSPS) is 18.0. The Hall–Kier alpha value is -3.93. The zero-order valence-corrected chi connectivity index (χ0v) is 19.7. The number of likely N-dealkylation sites (N-methyl/N-ethyl adjacent to an activating group) is 1. The molecule has 1 aliphatic rings. The van der Waals surface area contributed by atoms with Crippen molar-refractivity contribution in [1.29, 1.82) is 0 Å². The third-order valence-corrected chi connectivity index (χ3v) is 5.68. The fourth-order valence-corrected chi connectivity index (χ4v) is 3.61. The van der Waals surface area contributed by atoms with Crippen molar-refractivity contribution in [2.45, 2.75) is 32.7 Å². The van der Waals surface area contributed by atoms with Gasteiger partial charge in [-0.15, -0.1) is 0 Å². The molecule has 0 bridgehead atoms. The molecule has 1 fully saturated rings. The molecule has 0 spiro atoms. The van der Waals surface area contributed by atoms with Crippen molar-refractivity contribution >= 4 is 29.3 Å². The summed E-state index contributed by atoms with van der Waals surface area (Å²) in [6.07, 6.45) is 4.79. The number of halogens is 1. The topological polar surface area (TPSA) is 108 Å². The number of nitrogens with one attached hydrogen (secondary N) is 4. The Kier molecular flexibility index (Phi) is 8.19. The van der Waals surface area contributed by atoms with Gasteiger partial charge in [0.15, 0.2) is 0 Å². The Morgan fingerprint density at radius 3 is 2.53 bits per heavy atom. The van der Waals surface area contributed by atoms with Gasteiger partial charge in [0.05, 0.1) is 17.7 Å². The van der Waals surface area contributed by atoms with Crippen molar-refractivity contribution in [3.8, 4) is 11.8 Å². The lowest BCUT2D eigenvalue weighted by atomic mass is 9.80. The summed E-state index contributed by atoms with van der Waals surface area (Å²) in [5.41, 5.74) is 1.79. The van der Waals surface area contributed by atoms with Gasteiger partial charge in [-0.3, -0.25) is 9.59 Å². The quantitative estimate of drug-likeness (QED) is 0.371. The maximum Gasteiger partial charge on any atom is 0.247 e. The van der Waals surface area contributed by atoms with E-state index in [1.54, 1.807) is 52.3 Å². The summed E-state index contributed by atoms with van der Waals surface area (Å²) in [4.78, 5) is 33.1. The molecule has 1 atom stereocenters. The van der Waals surface area contributed by atoms with Crippen molar-refractivity contribution in [3.63, 3.8) is 0 Å². The highest BCUT2D eigenvalue weighted by Gasteiger charge is 2.31. The van der Waals surface area contributed by atoms with Crippen LogP contribution in [0.5, 0.6) is 0 Å². The summed E-state index contributed by atoms with van der Waals surface area (Å²) in [6, 6.07) is 5.97. The molecule has 0 aliphatic heterocycles. The third-order valence-electron chi connectivity index (χ3n) is 5.68. The number of hydrogen-bond acceptors (Lipinski definition) is 6. The van der Waals surface area contributed by atoms with E-state index in [2.05, 4.69) is 43.1 Å². The fraction of sp³-hybridized carbons (Fsp3) is 0.360. The zero-order chi connectivity index (χ0) is 24.7. The lowest BCUT2D eigenvalue weighted by molar-refractivity contribution is -0.127. The number of carbonyl (C=O) groups is 2. The molecule has 8 nitrogen and oxygen atoms in total. The van der Waals surface area contributed by atoms with E-state index in [0.717, 1.165) is 12.8 Å². The second-order valence-corrected chi connectivity index (χ2v) is 8.03. The summed E-state index contributed by atoms with van der Waals surface area (Å²) in [5, 5.41) is 11.6. The van der Waals surface area contributed by atoms with Crippen LogP contribution in [0, 0.1) is 29.5 Å². The molecular formula is C25H29FN6O2. The standard InChI is InChI=1S/C25H29FN6O2/c1-5-21(24(34)28-4)15(2)23(33)30-20-12-16(13-20)6-7-17-14-29-25(32-22(17)27-3)31-19-10-8-18(26)9-11-19/h5,8-11,14-16,20H,12-13H2,1-4H3,(H,28,34)(H,30,33)(H2,27,29,31,32)/b21-5-/t15-,16?,20?/m0/s1. The number of hydrogen-bond donors (Lipinski definition) is 4. The van der Waals surface area contributed by atoms with Crippen LogP contribution in [0.1, 0.15) is 32.3 Å². The van der Waals surface area contributed by atoms with Crippen molar-refractivity contribution < 1.29 is 14.0 Å². The molecule has 3 rings (SSSR count). The second-order valence-electron chi connectivity index (χ2n) is 8.03. The lowest BCUT2D eigenvalue weighted by Crippen LogP contribution is -2.46. The highest BCUT2D eigenvalue weighted by molar-refractivity contribution is 5.99. The van der Waals surface area contributed by atoms with Crippen LogP contribution in [-0.4, -0.2) is 41.9 Å². The Morgan fingerprint density at radius 2 is 1.91 bits per heavy atom. The third kappa shape index (κ3) is 6.10. The van der Waals surface area contributed by atoms with Crippen molar-refractivity contribution in [2.75, 3.05) is 24.7 Å². The minimum atomic E-state index is -0.521. The van der Waals surface area contributed by atoms with Crippen molar-refractivity contribution in [2.24, 2.45) is 11.8 Å². The summed E-state index contributed by atoms with van der Waals surface area (Å²) in [6.45, 7) is 3.47. The maximum absolute atomic E-state index is 13.1. The number of allylic oxidation sites excluding steroid dienone is 1. The first-order valence-electron chi connectivity index (χ1n) is 11.1. The Bertz CT molecular complexity index is 1130. The average Bonchev–Trinajstić information content (AvgIpc) is 2.82. The molecule has 9 heteroatoms. The molecule has 178 valence electrons. The fourth-order valence-electron chi connectivity index (χ4n) is 3.61.